The molecular formula is C23H29NO2. The zero-order valence-corrected chi connectivity index (χ0v) is 16.8. The molecule has 3 heteroatoms. The smallest absolute Gasteiger partial charge is 0.407 e. The van der Waals surface area contributed by atoms with Crippen LogP contribution in [0.3, 0.4) is 0 Å². The van der Waals surface area contributed by atoms with Crippen molar-refractivity contribution in [3.63, 3.8) is 0 Å². The fourth-order valence-electron chi connectivity index (χ4n) is 3.69. The van der Waals surface area contributed by atoms with Crippen molar-refractivity contribution in [1.29, 1.82) is 0 Å². The van der Waals surface area contributed by atoms with Gasteiger partial charge in [0.2, 0.25) is 0 Å². The zero-order chi connectivity index (χ0) is 19.4. The number of carboxylic acid groups (broad SMARTS) is 1. The maximum absolute atomic E-state index is 11.7. The van der Waals surface area contributed by atoms with Crippen molar-refractivity contribution in [2.75, 3.05) is 7.05 Å². The molecule has 138 valence electrons. The molecule has 1 N–H and O–H groups in total. The van der Waals surface area contributed by atoms with E-state index in [1.54, 1.807) is 7.05 Å². The molecule has 0 fully saturated rings. The van der Waals surface area contributed by atoms with Crippen LogP contribution in [0.25, 0.3) is 11.1 Å². The molecule has 0 aliphatic heterocycles. The van der Waals surface area contributed by atoms with Gasteiger partial charge in [-0.05, 0) is 44.2 Å². The van der Waals surface area contributed by atoms with Crippen molar-refractivity contribution in [2.45, 2.75) is 58.4 Å². The Kier molecular flexibility index (Phi) is 4.18. The summed E-state index contributed by atoms with van der Waals surface area (Å²) < 4.78 is 0. The monoisotopic (exact) mass is 351 g/mol. The summed E-state index contributed by atoms with van der Waals surface area (Å²) >= 11 is 0. The van der Waals surface area contributed by atoms with Crippen LogP contribution < -0.4 is 0 Å². The van der Waals surface area contributed by atoms with Gasteiger partial charge in [0.25, 0.3) is 0 Å². The molecule has 26 heavy (non-hydrogen) atoms. The van der Waals surface area contributed by atoms with Gasteiger partial charge in [-0.2, -0.15) is 0 Å². The lowest BCUT2D eigenvalue weighted by molar-refractivity contribution is 0.146. The highest BCUT2D eigenvalue weighted by atomic mass is 16.4. The van der Waals surface area contributed by atoms with Crippen molar-refractivity contribution < 1.29 is 9.90 Å². The second kappa shape index (κ2) is 5.87. The van der Waals surface area contributed by atoms with Crippen molar-refractivity contribution in [3.05, 3.63) is 58.7 Å². The van der Waals surface area contributed by atoms with E-state index in [4.69, 9.17) is 0 Å². The molecule has 3 nitrogen and oxygen atoms in total. The fraction of sp³-hybridized carbons (Fsp3) is 0.435. The van der Waals surface area contributed by atoms with Gasteiger partial charge >= 0.3 is 6.09 Å². The Morgan fingerprint density at radius 2 is 1.38 bits per heavy atom. The Labute approximate surface area is 156 Å². The van der Waals surface area contributed by atoms with Gasteiger partial charge in [-0.1, -0.05) is 77.9 Å². The highest BCUT2D eigenvalue weighted by molar-refractivity contribution is 5.82. The highest BCUT2D eigenvalue weighted by Crippen LogP contribution is 2.48. The Hall–Kier alpha value is -2.29. The third-order valence-electron chi connectivity index (χ3n) is 5.41. The lowest BCUT2D eigenvalue weighted by Gasteiger charge is -2.26. The summed E-state index contributed by atoms with van der Waals surface area (Å²) in [6.07, 6.45) is -0.908. The molecule has 1 amide bonds. The van der Waals surface area contributed by atoms with Gasteiger partial charge in [0, 0.05) is 7.05 Å². The van der Waals surface area contributed by atoms with Crippen LogP contribution in [0.4, 0.5) is 4.79 Å². The van der Waals surface area contributed by atoms with Gasteiger partial charge in [-0.3, -0.25) is 0 Å². The van der Waals surface area contributed by atoms with Crippen molar-refractivity contribution >= 4 is 6.09 Å². The van der Waals surface area contributed by atoms with Crippen LogP contribution in [-0.2, 0) is 10.8 Å². The summed E-state index contributed by atoms with van der Waals surface area (Å²) in [6.45, 7) is 13.2. The fourth-order valence-corrected chi connectivity index (χ4v) is 3.69. The van der Waals surface area contributed by atoms with E-state index in [1.165, 1.54) is 16.0 Å². The molecule has 0 saturated heterocycles. The number of carbonyl (C=O) groups is 1. The molecule has 1 aliphatic rings. The molecular weight excluding hydrogens is 322 g/mol. The van der Waals surface area contributed by atoms with E-state index < -0.39 is 6.09 Å². The van der Waals surface area contributed by atoms with Crippen LogP contribution in [-0.4, -0.2) is 23.1 Å². The number of benzene rings is 2. The number of fused-ring (bicyclic) bond motifs is 3. The molecule has 0 spiro atoms. The summed E-state index contributed by atoms with van der Waals surface area (Å²) in [5, 5.41) is 9.63. The van der Waals surface area contributed by atoms with Gasteiger partial charge in [0.05, 0.1) is 6.04 Å². The molecule has 2 aromatic carbocycles. The third kappa shape index (κ3) is 3.00. The second-order valence-electron chi connectivity index (χ2n) is 9.40. The summed E-state index contributed by atoms with van der Waals surface area (Å²) in [6, 6.07) is 12.8. The van der Waals surface area contributed by atoms with Crippen LogP contribution in [0, 0.1) is 0 Å². The van der Waals surface area contributed by atoms with Crippen LogP contribution in [0.15, 0.2) is 36.4 Å². The number of hydrogen-bond donors (Lipinski definition) is 1. The standard InChI is InChI=1S/C23H29NO2/c1-22(2,3)14-9-11-17-18(12-14)16-10-8-15(23(4,5)6)13-19(16)20(17)24(7)21(25)26/h8-13,20H,1-7H3,(H,25,26). The Morgan fingerprint density at radius 3 is 1.92 bits per heavy atom. The molecule has 0 aromatic heterocycles. The summed E-state index contributed by atoms with van der Waals surface area (Å²) in [5.41, 5.74) is 7.03. The Morgan fingerprint density at radius 1 is 0.846 bits per heavy atom. The zero-order valence-electron chi connectivity index (χ0n) is 16.8. The molecule has 1 aliphatic carbocycles. The average Bonchev–Trinajstić information content (AvgIpc) is 2.85. The summed E-state index contributed by atoms with van der Waals surface area (Å²) in [5.74, 6) is 0. The summed E-state index contributed by atoms with van der Waals surface area (Å²) in [4.78, 5) is 13.2. The summed E-state index contributed by atoms with van der Waals surface area (Å²) in [7, 11) is 1.66. The van der Waals surface area contributed by atoms with Gasteiger partial charge in [-0.15, -0.1) is 0 Å². The highest BCUT2D eigenvalue weighted by Gasteiger charge is 2.35. The van der Waals surface area contributed by atoms with E-state index in [0.29, 0.717) is 0 Å². The van der Waals surface area contributed by atoms with Crippen molar-refractivity contribution in [2.24, 2.45) is 0 Å². The van der Waals surface area contributed by atoms with Crippen LogP contribution in [0.2, 0.25) is 0 Å². The van der Waals surface area contributed by atoms with E-state index in [0.717, 1.165) is 22.3 Å². The first-order valence-electron chi connectivity index (χ1n) is 9.16. The Bertz CT molecular complexity index is 869. The van der Waals surface area contributed by atoms with Crippen LogP contribution in [0.5, 0.6) is 0 Å². The molecule has 0 radical (unpaired) electrons. The second-order valence-corrected chi connectivity index (χ2v) is 9.40. The van der Waals surface area contributed by atoms with Gasteiger partial charge < -0.3 is 10.0 Å². The molecule has 1 atom stereocenters. The number of rotatable bonds is 1. The first-order chi connectivity index (χ1) is 11.9. The van der Waals surface area contributed by atoms with E-state index >= 15 is 0 Å². The third-order valence-corrected chi connectivity index (χ3v) is 5.41. The van der Waals surface area contributed by atoms with E-state index in [1.807, 2.05) is 0 Å². The number of nitrogens with zero attached hydrogens (tertiary/aromatic N) is 1. The molecule has 0 saturated carbocycles. The molecule has 0 heterocycles. The molecule has 0 bridgehead atoms. The maximum Gasteiger partial charge on any atom is 0.407 e. The molecule has 2 aromatic rings. The molecule has 3 rings (SSSR count). The lowest BCUT2D eigenvalue weighted by atomic mass is 9.84. The van der Waals surface area contributed by atoms with Crippen molar-refractivity contribution in [3.8, 4) is 11.1 Å². The normalized spacial score (nSPS) is 16.2. The van der Waals surface area contributed by atoms with Crippen LogP contribution >= 0.6 is 0 Å². The number of hydrogen-bond acceptors (Lipinski definition) is 1. The van der Waals surface area contributed by atoms with E-state index in [2.05, 4.69) is 77.9 Å². The first kappa shape index (κ1) is 18.5. The van der Waals surface area contributed by atoms with Crippen LogP contribution in [0.1, 0.15) is 69.8 Å². The first-order valence-corrected chi connectivity index (χ1v) is 9.16. The molecule has 1 unspecified atom stereocenters. The predicted molar refractivity (Wildman–Crippen MR) is 107 cm³/mol. The Balaban J connectivity index is 2.25. The number of amides is 1. The maximum atomic E-state index is 11.7. The largest absolute Gasteiger partial charge is 0.465 e. The van der Waals surface area contributed by atoms with Gasteiger partial charge in [-0.25, -0.2) is 4.79 Å². The van der Waals surface area contributed by atoms with E-state index in [-0.39, 0.29) is 16.9 Å². The minimum absolute atomic E-state index is 0.0206. The predicted octanol–water partition coefficient (Wildman–Crippen LogP) is 5.96. The van der Waals surface area contributed by atoms with Gasteiger partial charge in [0.15, 0.2) is 0 Å². The quantitative estimate of drug-likeness (QED) is 0.688. The SMILES string of the molecule is CN(C(=O)O)C1c2ccc(C(C)(C)C)cc2-c2ccc(C(C)(C)C)cc21. The average molecular weight is 351 g/mol. The van der Waals surface area contributed by atoms with Crippen molar-refractivity contribution in [1.82, 2.24) is 4.90 Å². The topological polar surface area (TPSA) is 40.5 Å². The van der Waals surface area contributed by atoms with E-state index in [9.17, 15) is 9.90 Å². The lowest BCUT2D eigenvalue weighted by Crippen LogP contribution is -2.29. The minimum atomic E-state index is -0.908. The van der Waals surface area contributed by atoms with Gasteiger partial charge in [0.1, 0.15) is 0 Å². The minimum Gasteiger partial charge on any atom is -0.465 e.